The Morgan fingerprint density at radius 1 is 1.30 bits per heavy atom. The summed E-state index contributed by atoms with van der Waals surface area (Å²) in [5.41, 5.74) is -2.03. The van der Waals surface area contributed by atoms with E-state index in [1.165, 1.54) is 0 Å². The number of aliphatic hydroxyl groups is 1. The quantitative estimate of drug-likeness (QED) is 0.411. The molecule has 2 rings (SSSR count). The number of hydrogen-bond donors (Lipinski definition) is 1. The van der Waals surface area contributed by atoms with E-state index in [2.05, 4.69) is 54.6 Å². The van der Waals surface area contributed by atoms with Gasteiger partial charge in [0.05, 0.1) is 11.7 Å². The third-order valence-corrected chi connectivity index (χ3v) is 13.1. The third kappa shape index (κ3) is 4.40. The Kier molecular flexibility index (Phi) is 7.04. The van der Waals surface area contributed by atoms with Crippen LogP contribution in [0.2, 0.25) is 18.1 Å². The molecule has 2 aliphatic carbocycles. The van der Waals surface area contributed by atoms with Gasteiger partial charge in [-0.2, -0.15) is 0 Å². The van der Waals surface area contributed by atoms with E-state index in [4.69, 9.17) is 4.43 Å². The van der Waals surface area contributed by atoms with Gasteiger partial charge in [-0.05, 0) is 67.3 Å². The highest BCUT2D eigenvalue weighted by atomic mass is 28.4. The smallest absolute Gasteiger partial charge is 0.192 e. The van der Waals surface area contributed by atoms with Crippen molar-refractivity contribution in [3.8, 4) is 0 Å². The zero-order valence-corrected chi connectivity index (χ0v) is 21.7. The van der Waals surface area contributed by atoms with Gasteiger partial charge in [0, 0.05) is 17.8 Å². The molecule has 0 saturated heterocycles. The van der Waals surface area contributed by atoms with E-state index in [1.807, 2.05) is 6.92 Å². The predicted octanol–water partition coefficient (Wildman–Crippen LogP) is 5.69. The molecule has 2 aliphatic rings. The highest BCUT2D eigenvalue weighted by Gasteiger charge is 2.65. The van der Waals surface area contributed by atoms with Crippen LogP contribution in [0.4, 0.5) is 0 Å². The van der Waals surface area contributed by atoms with E-state index in [1.54, 1.807) is 12.2 Å². The van der Waals surface area contributed by atoms with Gasteiger partial charge in [-0.25, -0.2) is 0 Å². The second-order valence-electron chi connectivity index (χ2n) is 12.3. The van der Waals surface area contributed by atoms with Crippen molar-refractivity contribution < 1.29 is 19.1 Å². The monoisotopic (exact) mass is 436 g/mol. The van der Waals surface area contributed by atoms with Crippen molar-refractivity contribution in [3.05, 3.63) is 12.2 Å². The second-order valence-corrected chi connectivity index (χ2v) is 17.1. The lowest BCUT2D eigenvalue weighted by Crippen LogP contribution is -2.67. The topological polar surface area (TPSA) is 63.6 Å². The van der Waals surface area contributed by atoms with Crippen molar-refractivity contribution in [3.63, 3.8) is 0 Å². The van der Waals surface area contributed by atoms with E-state index in [-0.39, 0.29) is 34.2 Å². The van der Waals surface area contributed by atoms with E-state index in [0.717, 1.165) is 25.5 Å². The zero-order valence-electron chi connectivity index (χ0n) is 20.7. The van der Waals surface area contributed by atoms with Crippen LogP contribution in [0.25, 0.3) is 0 Å². The molecule has 172 valence electrons. The fraction of sp³-hybridized carbons (Fsp3) is 0.840. The van der Waals surface area contributed by atoms with Crippen LogP contribution < -0.4 is 0 Å². The molecule has 0 aromatic rings. The molecule has 1 fully saturated rings. The lowest BCUT2D eigenvalue weighted by molar-refractivity contribution is -0.194. The minimum atomic E-state index is -2.10. The van der Waals surface area contributed by atoms with E-state index in [9.17, 15) is 14.7 Å². The number of rotatable bonds is 7. The Balaban J connectivity index is 2.52. The summed E-state index contributed by atoms with van der Waals surface area (Å²) in [6.07, 6.45) is 7.65. The molecule has 0 bridgehead atoms. The average Bonchev–Trinajstić information content (AvgIpc) is 2.59. The maximum Gasteiger partial charge on any atom is 0.192 e. The van der Waals surface area contributed by atoms with Gasteiger partial charge in [-0.3, -0.25) is 4.79 Å². The summed E-state index contributed by atoms with van der Waals surface area (Å²) in [7, 11) is -2.10. The van der Waals surface area contributed by atoms with Crippen molar-refractivity contribution >= 4 is 20.4 Å². The van der Waals surface area contributed by atoms with Gasteiger partial charge in [0.1, 0.15) is 6.29 Å². The van der Waals surface area contributed by atoms with Crippen molar-refractivity contribution in [1.29, 1.82) is 0 Å². The first-order chi connectivity index (χ1) is 13.5. The van der Waals surface area contributed by atoms with Crippen LogP contribution in [0.15, 0.2) is 12.2 Å². The molecule has 30 heavy (non-hydrogen) atoms. The molecular formula is C25H44O4Si. The summed E-state index contributed by atoms with van der Waals surface area (Å²) < 4.78 is 6.94. The molecule has 0 aliphatic heterocycles. The van der Waals surface area contributed by atoms with Crippen molar-refractivity contribution in [1.82, 2.24) is 0 Å². The van der Waals surface area contributed by atoms with Crippen LogP contribution in [-0.2, 0) is 14.0 Å². The summed E-state index contributed by atoms with van der Waals surface area (Å²) in [4.78, 5) is 24.1. The summed E-state index contributed by atoms with van der Waals surface area (Å²) in [6.45, 7) is 19.6. The number of ketones is 1. The van der Waals surface area contributed by atoms with Gasteiger partial charge in [0.2, 0.25) is 0 Å². The normalized spacial score (nSPS) is 35.1. The number of aldehydes is 1. The molecular weight excluding hydrogens is 392 g/mol. The number of carbonyl (C=O) groups excluding carboxylic acids is 2. The Labute approximate surface area is 185 Å². The Morgan fingerprint density at radius 3 is 2.43 bits per heavy atom. The van der Waals surface area contributed by atoms with Crippen molar-refractivity contribution in [2.75, 3.05) is 0 Å². The van der Waals surface area contributed by atoms with E-state index >= 15 is 0 Å². The minimum absolute atomic E-state index is 0.0525. The highest BCUT2D eigenvalue weighted by Crippen LogP contribution is 2.61. The van der Waals surface area contributed by atoms with Gasteiger partial charge in [0.25, 0.3) is 0 Å². The maximum atomic E-state index is 13.2. The zero-order chi connectivity index (χ0) is 23.2. The summed E-state index contributed by atoms with van der Waals surface area (Å²) in [5.74, 6) is 0.0255. The first-order valence-electron chi connectivity index (χ1n) is 11.6. The molecule has 1 saturated carbocycles. The molecule has 5 atom stereocenters. The molecule has 0 aromatic heterocycles. The van der Waals surface area contributed by atoms with Crippen LogP contribution in [-0.4, -0.2) is 37.2 Å². The molecule has 0 amide bonds. The van der Waals surface area contributed by atoms with Crippen LogP contribution in [0.5, 0.6) is 0 Å². The summed E-state index contributed by atoms with van der Waals surface area (Å²) in [6, 6.07) is 0. The number of allylic oxidation sites excluding steroid dienone is 1. The summed E-state index contributed by atoms with van der Waals surface area (Å²) in [5, 5.41) is 12.1. The predicted molar refractivity (Wildman–Crippen MR) is 125 cm³/mol. The molecule has 5 heteroatoms. The van der Waals surface area contributed by atoms with Gasteiger partial charge in [0.15, 0.2) is 14.1 Å². The molecule has 0 heterocycles. The van der Waals surface area contributed by atoms with Crippen LogP contribution in [0.3, 0.4) is 0 Å². The number of fused-ring (bicyclic) bond motifs is 1. The molecule has 0 aromatic carbocycles. The SMILES string of the molecule is CC(CC=O)CC[C@]1(O)C=CC(=O)[C@H]2C(C)(C)CC[C@@H](O[Si](C)(C)C(C)(C)C)[C@]21C. The number of hydrogen-bond acceptors (Lipinski definition) is 4. The summed E-state index contributed by atoms with van der Waals surface area (Å²) >= 11 is 0. The lowest BCUT2D eigenvalue weighted by Gasteiger charge is -2.62. The molecule has 0 radical (unpaired) electrons. The van der Waals surface area contributed by atoms with Crippen molar-refractivity contribution in [2.24, 2.45) is 22.7 Å². The molecule has 1 unspecified atom stereocenters. The van der Waals surface area contributed by atoms with Crippen LogP contribution in [0, 0.1) is 22.7 Å². The fourth-order valence-electron chi connectivity index (χ4n) is 5.47. The van der Waals surface area contributed by atoms with E-state index in [0.29, 0.717) is 12.8 Å². The number of carbonyl (C=O) groups is 2. The Hall–Kier alpha value is -0.783. The largest absolute Gasteiger partial charge is 0.413 e. The first-order valence-corrected chi connectivity index (χ1v) is 14.5. The maximum absolute atomic E-state index is 13.2. The van der Waals surface area contributed by atoms with E-state index < -0.39 is 19.3 Å². The van der Waals surface area contributed by atoms with Gasteiger partial charge in [-0.1, -0.05) is 48.5 Å². The van der Waals surface area contributed by atoms with Crippen molar-refractivity contribution in [2.45, 2.75) is 110 Å². The first kappa shape index (κ1) is 25.5. The fourth-order valence-corrected chi connectivity index (χ4v) is 6.89. The molecule has 1 N–H and O–H groups in total. The third-order valence-electron chi connectivity index (χ3n) is 8.60. The van der Waals surface area contributed by atoms with Crippen LogP contribution >= 0.6 is 0 Å². The minimum Gasteiger partial charge on any atom is -0.413 e. The highest BCUT2D eigenvalue weighted by molar-refractivity contribution is 6.74. The van der Waals surface area contributed by atoms with Gasteiger partial charge < -0.3 is 14.3 Å². The van der Waals surface area contributed by atoms with Gasteiger partial charge >= 0.3 is 0 Å². The Morgan fingerprint density at radius 2 is 1.90 bits per heavy atom. The Bertz CT molecular complexity index is 690. The average molecular weight is 437 g/mol. The molecule has 0 spiro atoms. The standard InChI is InChI=1S/C25H44O4Si/c1-18(13-17-26)10-15-25(28)16-11-19(27)21-23(5,6)14-12-20(24(21,25)7)29-30(8,9)22(2,3)4/h11,16-18,20-21,28H,10,12-15H2,1-9H3/t18?,20-,21+,24-,25+/m1/s1. The lowest BCUT2D eigenvalue weighted by atomic mass is 9.46. The second kappa shape index (κ2) is 8.29. The van der Waals surface area contributed by atoms with Gasteiger partial charge in [-0.15, -0.1) is 0 Å². The molecule has 4 nitrogen and oxygen atoms in total. The van der Waals surface area contributed by atoms with Crippen LogP contribution in [0.1, 0.15) is 80.6 Å².